The Bertz CT molecular complexity index is 816. The summed E-state index contributed by atoms with van der Waals surface area (Å²) in [6, 6.07) is -0.799. The Morgan fingerprint density at radius 2 is 2.05 bits per heavy atom. The van der Waals surface area contributed by atoms with E-state index in [-0.39, 0.29) is 17.1 Å². The van der Waals surface area contributed by atoms with Gasteiger partial charge < -0.3 is 15.0 Å². The molecule has 2 aromatic heterocycles. The summed E-state index contributed by atoms with van der Waals surface area (Å²) in [6.07, 6.45) is 2.08. The first-order valence-corrected chi connectivity index (χ1v) is 7.01. The van der Waals surface area contributed by atoms with Gasteiger partial charge in [-0.2, -0.15) is 4.98 Å². The number of aryl methyl sites for hydroxylation is 2. The number of hydrogen-bond acceptors (Lipinski definition) is 5. The van der Waals surface area contributed by atoms with E-state index in [0.29, 0.717) is 6.42 Å². The quantitative estimate of drug-likeness (QED) is 0.691. The Morgan fingerprint density at radius 1 is 1.36 bits per heavy atom. The molecule has 2 heterocycles. The lowest BCUT2D eigenvalue weighted by Crippen LogP contribution is -2.30. The van der Waals surface area contributed by atoms with Crippen LogP contribution in [0.1, 0.15) is 26.2 Å². The van der Waals surface area contributed by atoms with Gasteiger partial charge in [0.15, 0.2) is 11.2 Å². The lowest BCUT2D eigenvalue weighted by Gasteiger charge is -2.14. The predicted octanol–water partition coefficient (Wildman–Crippen LogP) is 0.0156. The zero-order valence-electron chi connectivity index (χ0n) is 12.7. The third-order valence-electron chi connectivity index (χ3n) is 3.58. The number of carbonyl (C=O) groups is 1. The van der Waals surface area contributed by atoms with Crippen molar-refractivity contribution in [3.63, 3.8) is 0 Å². The van der Waals surface area contributed by atoms with Gasteiger partial charge in [0.05, 0.1) is 0 Å². The molecular weight excluding hydrogens is 290 g/mol. The molecule has 22 heavy (non-hydrogen) atoms. The molecule has 0 aliphatic rings. The molecule has 0 aliphatic heterocycles. The van der Waals surface area contributed by atoms with E-state index >= 15 is 0 Å². The maximum Gasteiger partial charge on any atom is 0.329 e. The normalized spacial score (nSPS) is 12.5. The van der Waals surface area contributed by atoms with Crippen LogP contribution in [0.25, 0.3) is 11.2 Å². The first kappa shape index (κ1) is 15.8. The van der Waals surface area contributed by atoms with E-state index in [4.69, 9.17) is 0 Å². The molecular formula is C13H19N5O4. The molecule has 0 radical (unpaired) electrons. The minimum Gasteiger partial charge on any atom is -0.480 e. The SMILES string of the molecule is CCCCC(Nc1nc2c(c(=O)[nH]c(=O)n2C)n1C)C(=O)O. The second-order valence-corrected chi connectivity index (χ2v) is 5.16. The number of anilines is 1. The second-order valence-electron chi connectivity index (χ2n) is 5.16. The molecule has 0 saturated heterocycles. The van der Waals surface area contributed by atoms with Gasteiger partial charge in [0, 0.05) is 14.1 Å². The molecule has 3 N–H and O–H groups in total. The van der Waals surface area contributed by atoms with Crippen molar-refractivity contribution in [2.24, 2.45) is 14.1 Å². The second kappa shape index (κ2) is 6.04. The van der Waals surface area contributed by atoms with Crippen LogP contribution in [0.4, 0.5) is 5.95 Å². The summed E-state index contributed by atoms with van der Waals surface area (Å²) in [6.45, 7) is 1.98. The van der Waals surface area contributed by atoms with Crippen LogP contribution >= 0.6 is 0 Å². The highest BCUT2D eigenvalue weighted by molar-refractivity contribution is 5.79. The zero-order valence-corrected chi connectivity index (χ0v) is 12.7. The van der Waals surface area contributed by atoms with E-state index in [1.165, 1.54) is 16.2 Å². The van der Waals surface area contributed by atoms with Gasteiger partial charge in [0.2, 0.25) is 5.95 Å². The molecule has 0 spiro atoms. The van der Waals surface area contributed by atoms with Crippen molar-refractivity contribution in [3.05, 3.63) is 20.8 Å². The zero-order chi connectivity index (χ0) is 16.4. The molecule has 1 unspecified atom stereocenters. The van der Waals surface area contributed by atoms with Crippen LogP contribution in [0.3, 0.4) is 0 Å². The minimum absolute atomic E-state index is 0.207. The average molecular weight is 309 g/mol. The van der Waals surface area contributed by atoms with Crippen LogP contribution in [-0.4, -0.2) is 36.2 Å². The third kappa shape index (κ3) is 2.74. The number of carboxylic acid groups (broad SMARTS) is 1. The van der Waals surface area contributed by atoms with Crippen LogP contribution < -0.4 is 16.6 Å². The Hall–Kier alpha value is -2.58. The van der Waals surface area contributed by atoms with E-state index < -0.39 is 23.3 Å². The number of imidazole rings is 1. The summed E-state index contributed by atoms with van der Waals surface area (Å²) in [5.41, 5.74) is -0.702. The number of hydrogen-bond donors (Lipinski definition) is 3. The maximum atomic E-state index is 11.9. The summed E-state index contributed by atoms with van der Waals surface area (Å²) in [7, 11) is 3.08. The fourth-order valence-corrected chi connectivity index (χ4v) is 2.26. The lowest BCUT2D eigenvalue weighted by atomic mass is 10.1. The third-order valence-corrected chi connectivity index (χ3v) is 3.58. The Morgan fingerprint density at radius 3 is 2.64 bits per heavy atom. The van der Waals surface area contributed by atoms with Crippen molar-refractivity contribution in [2.45, 2.75) is 32.2 Å². The van der Waals surface area contributed by atoms with Gasteiger partial charge in [0.25, 0.3) is 5.56 Å². The Labute approximate surface area is 125 Å². The van der Waals surface area contributed by atoms with Gasteiger partial charge in [0.1, 0.15) is 6.04 Å². The van der Waals surface area contributed by atoms with Gasteiger partial charge >= 0.3 is 11.7 Å². The number of aromatic nitrogens is 4. The topological polar surface area (TPSA) is 122 Å². The molecule has 0 saturated carbocycles. The first-order chi connectivity index (χ1) is 10.4. The molecule has 120 valence electrons. The van der Waals surface area contributed by atoms with Gasteiger partial charge in [-0.25, -0.2) is 9.59 Å². The average Bonchev–Trinajstić information content (AvgIpc) is 2.78. The molecule has 0 aromatic carbocycles. The van der Waals surface area contributed by atoms with E-state index in [0.717, 1.165) is 12.8 Å². The molecule has 0 bridgehead atoms. The van der Waals surface area contributed by atoms with Crippen molar-refractivity contribution in [1.82, 2.24) is 19.1 Å². The predicted molar refractivity (Wildman–Crippen MR) is 81.1 cm³/mol. The molecule has 9 heteroatoms. The van der Waals surface area contributed by atoms with E-state index in [2.05, 4.69) is 15.3 Å². The van der Waals surface area contributed by atoms with E-state index in [9.17, 15) is 19.5 Å². The number of aromatic amines is 1. The summed E-state index contributed by atoms with van der Waals surface area (Å²) < 4.78 is 2.67. The van der Waals surface area contributed by atoms with E-state index in [1.807, 2.05) is 6.92 Å². The maximum absolute atomic E-state index is 11.9. The van der Waals surface area contributed by atoms with E-state index in [1.54, 1.807) is 7.05 Å². The smallest absolute Gasteiger partial charge is 0.329 e. The summed E-state index contributed by atoms with van der Waals surface area (Å²) in [4.78, 5) is 41.2. The van der Waals surface area contributed by atoms with Gasteiger partial charge in [-0.3, -0.25) is 14.3 Å². The Kier molecular flexibility index (Phi) is 4.34. The number of aliphatic carboxylic acids is 1. The highest BCUT2D eigenvalue weighted by Crippen LogP contribution is 2.15. The number of nitrogens with zero attached hydrogens (tertiary/aromatic N) is 3. The fourth-order valence-electron chi connectivity index (χ4n) is 2.26. The van der Waals surface area contributed by atoms with Crippen molar-refractivity contribution in [2.75, 3.05) is 5.32 Å². The molecule has 0 fully saturated rings. The highest BCUT2D eigenvalue weighted by atomic mass is 16.4. The number of nitrogens with one attached hydrogen (secondary N) is 2. The van der Waals surface area contributed by atoms with Gasteiger partial charge in [-0.05, 0) is 6.42 Å². The largest absolute Gasteiger partial charge is 0.480 e. The molecule has 1 atom stereocenters. The summed E-state index contributed by atoms with van der Waals surface area (Å²) in [5.74, 6) is -0.742. The molecule has 2 aromatic rings. The summed E-state index contributed by atoms with van der Waals surface area (Å²) >= 11 is 0. The standard InChI is InChI=1S/C13H19N5O4/c1-4-5-6-7(11(20)21)14-12-15-9-8(17(12)2)10(19)16-13(22)18(9)3/h7H,4-6H2,1-3H3,(H,14,15)(H,20,21)(H,16,19,22). The van der Waals surface area contributed by atoms with Crippen LogP contribution in [0.15, 0.2) is 9.59 Å². The fraction of sp³-hybridized carbons (Fsp3) is 0.538. The minimum atomic E-state index is -0.983. The van der Waals surface area contributed by atoms with Crippen molar-refractivity contribution in [3.8, 4) is 0 Å². The number of H-pyrrole nitrogens is 1. The van der Waals surface area contributed by atoms with Gasteiger partial charge in [-0.1, -0.05) is 19.8 Å². The molecule has 0 amide bonds. The van der Waals surface area contributed by atoms with Crippen molar-refractivity contribution < 1.29 is 9.90 Å². The van der Waals surface area contributed by atoms with Gasteiger partial charge in [-0.15, -0.1) is 0 Å². The van der Waals surface area contributed by atoms with Crippen LogP contribution in [-0.2, 0) is 18.9 Å². The molecule has 9 nitrogen and oxygen atoms in total. The molecule has 2 rings (SSSR count). The summed E-state index contributed by atoms with van der Waals surface area (Å²) in [5, 5.41) is 12.1. The number of unbranched alkanes of at least 4 members (excludes halogenated alkanes) is 1. The lowest BCUT2D eigenvalue weighted by molar-refractivity contribution is -0.138. The Balaban J connectivity index is 2.48. The van der Waals surface area contributed by atoms with Crippen LogP contribution in [0, 0.1) is 0 Å². The highest BCUT2D eigenvalue weighted by Gasteiger charge is 2.21. The number of rotatable bonds is 6. The van der Waals surface area contributed by atoms with Crippen molar-refractivity contribution >= 4 is 23.1 Å². The first-order valence-electron chi connectivity index (χ1n) is 7.01. The van der Waals surface area contributed by atoms with Crippen LogP contribution in [0.2, 0.25) is 0 Å². The number of fused-ring (bicyclic) bond motifs is 1. The monoisotopic (exact) mass is 309 g/mol. The molecule has 0 aliphatic carbocycles. The number of carboxylic acids is 1. The van der Waals surface area contributed by atoms with Crippen molar-refractivity contribution in [1.29, 1.82) is 0 Å². The van der Waals surface area contributed by atoms with Crippen LogP contribution in [0.5, 0.6) is 0 Å².